The molecule has 0 saturated carbocycles. The molecule has 4 nitrogen and oxygen atoms in total. The van der Waals surface area contributed by atoms with Crippen LogP contribution < -0.4 is 0 Å². The molecule has 0 N–H and O–H groups in total. The lowest BCUT2D eigenvalue weighted by Crippen LogP contribution is -2.14. The third-order valence-electron chi connectivity index (χ3n) is 11.0. The van der Waals surface area contributed by atoms with E-state index in [0.29, 0.717) is 5.82 Å². The monoisotopic (exact) mass is 653 g/mol. The first-order valence-electron chi connectivity index (χ1n) is 17.5. The van der Waals surface area contributed by atoms with Gasteiger partial charge >= 0.3 is 0 Å². The molecule has 0 unspecified atom stereocenters. The molecule has 0 atom stereocenters. The van der Waals surface area contributed by atoms with Crippen molar-refractivity contribution < 1.29 is 4.42 Å². The van der Waals surface area contributed by atoms with Gasteiger partial charge in [0.2, 0.25) is 0 Å². The van der Waals surface area contributed by atoms with Gasteiger partial charge in [-0.2, -0.15) is 0 Å². The Morgan fingerprint density at radius 3 is 2.16 bits per heavy atom. The molecule has 3 aromatic heterocycles. The molecule has 3 heterocycles. The van der Waals surface area contributed by atoms with E-state index in [9.17, 15) is 0 Å². The van der Waals surface area contributed by atoms with Crippen LogP contribution in [0.1, 0.15) is 25.0 Å². The number of hydrogen-bond donors (Lipinski definition) is 0. The highest BCUT2D eigenvalue weighted by Crippen LogP contribution is 2.51. The third kappa shape index (κ3) is 3.96. The molecule has 11 rings (SSSR count). The van der Waals surface area contributed by atoms with Gasteiger partial charge in [0.1, 0.15) is 11.2 Å². The Hall–Kier alpha value is -6.52. The number of para-hydroxylation sites is 3. The van der Waals surface area contributed by atoms with Crippen molar-refractivity contribution in [1.82, 2.24) is 14.5 Å². The van der Waals surface area contributed by atoms with Gasteiger partial charge in [0.15, 0.2) is 5.82 Å². The average Bonchev–Trinajstić information content (AvgIpc) is 3.79. The highest BCUT2D eigenvalue weighted by atomic mass is 16.3. The van der Waals surface area contributed by atoms with Gasteiger partial charge in [-0.05, 0) is 70.8 Å². The molecule has 0 radical (unpaired) electrons. The minimum Gasteiger partial charge on any atom is -0.455 e. The molecule has 0 saturated heterocycles. The number of aromatic nitrogens is 3. The molecule has 0 aliphatic heterocycles. The second-order valence-electron chi connectivity index (χ2n) is 14.2. The van der Waals surface area contributed by atoms with E-state index < -0.39 is 0 Å². The Bertz CT molecular complexity index is 3060. The van der Waals surface area contributed by atoms with E-state index in [2.05, 4.69) is 140 Å². The summed E-state index contributed by atoms with van der Waals surface area (Å²) in [5.74, 6) is 0.650. The minimum absolute atomic E-state index is 0.0632. The zero-order valence-electron chi connectivity index (χ0n) is 28.2. The number of benzene rings is 7. The highest BCUT2D eigenvalue weighted by Gasteiger charge is 2.36. The van der Waals surface area contributed by atoms with Crippen molar-refractivity contribution in [3.63, 3.8) is 0 Å². The van der Waals surface area contributed by atoms with Crippen molar-refractivity contribution in [2.75, 3.05) is 0 Å². The molecule has 7 aromatic carbocycles. The van der Waals surface area contributed by atoms with Gasteiger partial charge in [0.25, 0.3) is 0 Å². The van der Waals surface area contributed by atoms with Gasteiger partial charge in [-0.1, -0.05) is 117 Å². The van der Waals surface area contributed by atoms with Gasteiger partial charge in [-0.15, -0.1) is 0 Å². The maximum atomic E-state index is 6.68. The molecule has 1 aliphatic carbocycles. The fraction of sp³-hybridized carbons (Fsp3) is 0.0638. The summed E-state index contributed by atoms with van der Waals surface area (Å²) in [5, 5.41) is 5.65. The first kappa shape index (κ1) is 28.3. The van der Waals surface area contributed by atoms with Crippen LogP contribution in [0.4, 0.5) is 0 Å². The molecular weight excluding hydrogens is 623 g/mol. The number of fused-ring (bicyclic) bond motifs is 10. The molecule has 4 heteroatoms. The van der Waals surface area contributed by atoms with E-state index in [1.807, 2.05) is 30.3 Å². The summed E-state index contributed by atoms with van der Waals surface area (Å²) in [5.41, 5.74) is 14.2. The number of furan rings is 1. The maximum Gasteiger partial charge on any atom is 0.164 e. The molecule has 0 spiro atoms. The molecule has 0 fully saturated rings. The number of hydrogen-bond acceptors (Lipinski definition) is 3. The lowest BCUT2D eigenvalue weighted by atomic mass is 9.82. The van der Waals surface area contributed by atoms with Crippen LogP contribution in [0, 0.1) is 0 Å². The van der Waals surface area contributed by atoms with Gasteiger partial charge in [-0.25, -0.2) is 9.97 Å². The smallest absolute Gasteiger partial charge is 0.164 e. The zero-order chi connectivity index (χ0) is 33.8. The largest absolute Gasteiger partial charge is 0.455 e. The fourth-order valence-electron chi connectivity index (χ4n) is 8.56. The van der Waals surface area contributed by atoms with Gasteiger partial charge in [-0.3, -0.25) is 0 Å². The molecule has 0 amide bonds. The summed E-state index contributed by atoms with van der Waals surface area (Å²) in [6.45, 7) is 4.70. The molecule has 51 heavy (non-hydrogen) atoms. The minimum atomic E-state index is -0.0632. The van der Waals surface area contributed by atoms with Crippen molar-refractivity contribution in [2.45, 2.75) is 19.3 Å². The maximum absolute atomic E-state index is 6.68. The normalized spacial score (nSPS) is 13.5. The van der Waals surface area contributed by atoms with Gasteiger partial charge < -0.3 is 8.98 Å². The summed E-state index contributed by atoms with van der Waals surface area (Å²) in [6, 6.07) is 53.9. The lowest BCUT2D eigenvalue weighted by molar-refractivity contribution is 0.661. The summed E-state index contributed by atoms with van der Waals surface area (Å²) in [6.07, 6.45) is 0. The van der Waals surface area contributed by atoms with Crippen LogP contribution in [-0.2, 0) is 5.41 Å². The van der Waals surface area contributed by atoms with Crippen molar-refractivity contribution in [3.8, 4) is 39.5 Å². The first-order chi connectivity index (χ1) is 25.0. The van der Waals surface area contributed by atoms with E-state index in [-0.39, 0.29) is 5.41 Å². The number of nitrogens with zero attached hydrogens (tertiary/aromatic N) is 3. The summed E-state index contributed by atoms with van der Waals surface area (Å²) < 4.78 is 9.09. The topological polar surface area (TPSA) is 43.9 Å². The molecule has 1 aliphatic rings. The van der Waals surface area contributed by atoms with Crippen LogP contribution in [-0.4, -0.2) is 14.5 Å². The van der Waals surface area contributed by atoms with E-state index >= 15 is 0 Å². The lowest BCUT2D eigenvalue weighted by Gasteiger charge is -2.21. The van der Waals surface area contributed by atoms with Crippen LogP contribution in [0.3, 0.4) is 0 Å². The SMILES string of the molecule is CC1(C)c2ccccc2-c2cc3c(cc21)c1ccccc1n3-c1ccc2oc3c(-c4nc(-c5ccccc5)c5ccccc5n4)cccc3c2c1. The van der Waals surface area contributed by atoms with E-state index in [0.717, 1.165) is 55.3 Å². The van der Waals surface area contributed by atoms with Crippen LogP contribution in [0.5, 0.6) is 0 Å². The Morgan fingerprint density at radius 1 is 0.510 bits per heavy atom. The van der Waals surface area contributed by atoms with Gasteiger partial charge in [0, 0.05) is 43.6 Å². The van der Waals surface area contributed by atoms with Gasteiger partial charge in [0.05, 0.1) is 27.8 Å². The second-order valence-corrected chi connectivity index (χ2v) is 14.2. The Labute approximate surface area is 294 Å². The third-order valence-corrected chi connectivity index (χ3v) is 11.0. The zero-order valence-corrected chi connectivity index (χ0v) is 28.2. The molecule has 0 bridgehead atoms. The molecule has 240 valence electrons. The fourth-order valence-corrected chi connectivity index (χ4v) is 8.56. The van der Waals surface area contributed by atoms with Crippen LogP contribution in [0.15, 0.2) is 156 Å². The van der Waals surface area contributed by atoms with E-state index in [4.69, 9.17) is 14.4 Å². The Morgan fingerprint density at radius 2 is 1.25 bits per heavy atom. The molecular formula is C47H31N3O. The van der Waals surface area contributed by atoms with Crippen molar-refractivity contribution >= 4 is 54.6 Å². The van der Waals surface area contributed by atoms with Crippen LogP contribution >= 0.6 is 0 Å². The average molecular weight is 654 g/mol. The van der Waals surface area contributed by atoms with Crippen LogP contribution in [0.25, 0.3) is 94.1 Å². The van der Waals surface area contributed by atoms with E-state index in [1.165, 1.54) is 44.1 Å². The quantitative estimate of drug-likeness (QED) is 0.191. The van der Waals surface area contributed by atoms with E-state index in [1.54, 1.807) is 0 Å². The predicted octanol–water partition coefficient (Wildman–Crippen LogP) is 12.3. The second kappa shape index (κ2) is 10.3. The highest BCUT2D eigenvalue weighted by molar-refractivity contribution is 6.13. The summed E-state index contributed by atoms with van der Waals surface area (Å²) in [4.78, 5) is 10.2. The number of rotatable bonds is 3. The molecule has 10 aromatic rings. The first-order valence-corrected chi connectivity index (χ1v) is 17.5. The van der Waals surface area contributed by atoms with Crippen molar-refractivity contribution in [1.29, 1.82) is 0 Å². The summed E-state index contributed by atoms with van der Waals surface area (Å²) in [7, 11) is 0. The van der Waals surface area contributed by atoms with Crippen LogP contribution in [0.2, 0.25) is 0 Å². The predicted molar refractivity (Wildman–Crippen MR) is 210 cm³/mol. The summed E-state index contributed by atoms with van der Waals surface area (Å²) >= 11 is 0. The van der Waals surface area contributed by atoms with Crippen molar-refractivity contribution in [2.24, 2.45) is 0 Å². The van der Waals surface area contributed by atoms with Crippen molar-refractivity contribution in [3.05, 3.63) is 163 Å². The Kier molecular flexibility index (Phi) is 5.70. The Balaban J connectivity index is 1.13. The standard InChI is InChI=1S/C47H31N3O/c1-47(2)38-20-9-6-15-30(38)35-27-42-36(26-39(35)47)31-16-8-11-22-41(31)50(42)29-23-24-43-37(25-29)32-18-12-19-34(45(32)51-43)46-48-40-21-10-7-17-33(40)44(49-46)28-13-4-3-5-14-28/h3-27H,1-2H3.